The number of anilines is 1. The monoisotopic (exact) mass is 394 g/mol. The second-order valence-electron chi connectivity index (χ2n) is 8.55. The number of carbonyl (C=O) groups is 2. The Balaban J connectivity index is 1.61. The van der Waals surface area contributed by atoms with Gasteiger partial charge >= 0.3 is 0 Å². The fourth-order valence-electron chi connectivity index (χ4n) is 3.39. The van der Waals surface area contributed by atoms with E-state index in [9.17, 15) is 9.59 Å². The highest BCUT2D eigenvalue weighted by molar-refractivity contribution is 5.99. The lowest BCUT2D eigenvalue weighted by Crippen LogP contribution is -2.48. The molecule has 2 N–H and O–H groups in total. The molecule has 3 rings (SSSR count). The zero-order valence-corrected chi connectivity index (χ0v) is 17.4. The first-order valence-corrected chi connectivity index (χ1v) is 10.2. The molecule has 0 radical (unpaired) electrons. The van der Waals surface area contributed by atoms with Gasteiger partial charge in [-0.3, -0.25) is 14.6 Å². The lowest BCUT2D eigenvalue weighted by atomic mass is 9.94. The molecule has 0 aliphatic carbocycles. The van der Waals surface area contributed by atoms with Gasteiger partial charge < -0.3 is 15.5 Å². The molecule has 1 aliphatic rings. The minimum absolute atomic E-state index is 0.0890. The summed E-state index contributed by atoms with van der Waals surface area (Å²) in [6, 6.07) is 11.7. The minimum atomic E-state index is -0.379. The van der Waals surface area contributed by atoms with Crippen LogP contribution < -0.4 is 15.5 Å². The molecule has 1 fully saturated rings. The molecule has 1 aliphatic heterocycles. The summed E-state index contributed by atoms with van der Waals surface area (Å²) in [7, 11) is 0. The average molecular weight is 395 g/mol. The van der Waals surface area contributed by atoms with Gasteiger partial charge in [0.15, 0.2) is 0 Å². The van der Waals surface area contributed by atoms with Crippen molar-refractivity contribution < 1.29 is 9.59 Å². The van der Waals surface area contributed by atoms with Crippen molar-refractivity contribution in [1.82, 2.24) is 15.6 Å². The van der Waals surface area contributed by atoms with E-state index in [4.69, 9.17) is 0 Å². The van der Waals surface area contributed by atoms with Crippen LogP contribution in [0.5, 0.6) is 0 Å². The summed E-state index contributed by atoms with van der Waals surface area (Å²) in [6.45, 7) is 7.85. The standard InChI is InChI=1S/C23H30N4O2/c1-23(2,3)22(29)26-18-10-13-27(14-11-18)20-9-5-4-8-19(20)21(28)25-16-17-7-6-12-24-15-17/h4-9,12,15,18H,10-11,13-14,16H2,1-3H3,(H,25,28)(H,26,29). The Morgan fingerprint density at radius 3 is 2.48 bits per heavy atom. The fraction of sp³-hybridized carbons (Fsp3) is 0.435. The quantitative estimate of drug-likeness (QED) is 0.817. The van der Waals surface area contributed by atoms with Gasteiger partial charge in [-0.15, -0.1) is 0 Å². The Kier molecular flexibility index (Phi) is 6.52. The number of rotatable bonds is 5. The SMILES string of the molecule is CC(C)(C)C(=O)NC1CCN(c2ccccc2C(=O)NCc2cccnc2)CC1. The number of nitrogens with zero attached hydrogens (tertiary/aromatic N) is 2. The van der Waals surface area contributed by atoms with Crippen molar-refractivity contribution in [2.75, 3.05) is 18.0 Å². The Hall–Kier alpha value is -2.89. The average Bonchev–Trinajstić information content (AvgIpc) is 2.72. The van der Waals surface area contributed by atoms with Gasteiger partial charge in [0.25, 0.3) is 5.91 Å². The van der Waals surface area contributed by atoms with Crippen molar-refractivity contribution in [2.45, 2.75) is 46.2 Å². The van der Waals surface area contributed by atoms with E-state index in [1.807, 2.05) is 57.2 Å². The molecule has 2 aromatic rings. The number of benzene rings is 1. The van der Waals surface area contributed by atoms with Gasteiger partial charge in [0.05, 0.1) is 5.56 Å². The first-order valence-electron chi connectivity index (χ1n) is 10.2. The Bertz CT molecular complexity index is 837. The maximum absolute atomic E-state index is 12.8. The molecule has 2 heterocycles. The van der Waals surface area contributed by atoms with E-state index in [1.165, 1.54) is 0 Å². The smallest absolute Gasteiger partial charge is 0.253 e. The number of carbonyl (C=O) groups excluding carboxylic acids is 2. The number of hydrogen-bond acceptors (Lipinski definition) is 4. The topological polar surface area (TPSA) is 74.3 Å². The molecular weight excluding hydrogens is 364 g/mol. The maximum atomic E-state index is 12.8. The van der Waals surface area contributed by atoms with Crippen LogP contribution in [0.2, 0.25) is 0 Å². The third-order valence-corrected chi connectivity index (χ3v) is 5.18. The highest BCUT2D eigenvalue weighted by Crippen LogP contribution is 2.25. The van der Waals surface area contributed by atoms with Gasteiger partial charge in [0.1, 0.15) is 0 Å². The van der Waals surface area contributed by atoms with Crippen LogP contribution in [0.1, 0.15) is 49.5 Å². The number of hydrogen-bond donors (Lipinski definition) is 2. The van der Waals surface area contributed by atoms with Crippen LogP contribution in [0.4, 0.5) is 5.69 Å². The number of nitrogens with one attached hydrogen (secondary N) is 2. The maximum Gasteiger partial charge on any atom is 0.253 e. The van der Waals surface area contributed by atoms with Crippen LogP contribution in [0.3, 0.4) is 0 Å². The van der Waals surface area contributed by atoms with Crippen LogP contribution in [-0.2, 0) is 11.3 Å². The molecule has 154 valence electrons. The molecule has 6 nitrogen and oxygen atoms in total. The van der Waals surface area contributed by atoms with Crippen molar-refractivity contribution in [3.8, 4) is 0 Å². The zero-order valence-electron chi connectivity index (χ0n) is 17.4. The lowest BCUT2D eigenvalue weighted by Gasteiger charge is -2.35. The van der Waals surface area contributed by atoms with E-state index < -0.39 is 0 Å². The molecule has 6 heteroatoms. The number of amides is 2. The van der Waals surface area contributed by atoms with Gasteiger partial charge in [-0.1, -0.05) is 39.0 Å². The van der Waals surface area contributed by atoms with Gasteiger partial charge in [-0.05, 0) is 36.6 Å². The highest BCUT2D eigenvalue weighted by atomic mass is 16.2. The third-order valence-electron chi connectivity index (χ3n) is 5.18. The molecule has 0 saturated carbocycles. The van der Waals surface area contributed by atoms with E-state index in [-0.39, 0.29) is 23.3 Å². The van der Waals surface area contributed by atoms with E-state index in [0.717, 1.165) is 37.2 Å². The molecule has 29 heavy (non-hydrogen) atoms. The summed E-state index contributed by atoms with van der Waals surface area (Å²) < 4.78 is 0. The summed E-state index contributed by atoms with van der Waals surface area (Å²) in [6.07, 6.45) is 5.21. The normalized spacial score (nSPS) is 15.1. The van der Waals surface area contributed by atoms with Crippen molar-refractivity contribution in [3.05, 3.63) is 59.9 Å². The van der Waals surface area contributed by atoms with Gasteiger partial charge in [0.2, 0.25) is 5.91 Å². The predicted molar refractivity (Wildman–Crippen MR) is 115 cm³/mol. The molecule has 2 amide bonds. The number of piperidine rings is 1. The summed E-state index contributed by atoms with van der Waals surface area (Å²) in [4.78, 5) is 31.3. The predicted octanol–water partition coefficient (Wildman–Crippen LogP) is 3.14. The summed E-state index contributed by atoms with van der Waals surface area (Å²) >= 11 is 0. The second kappa shape index (κ2) is 9.07. The van der Waals surface area contributed by atoms with E-state index in [2.05, 4.69) is 20.5 Å². The molecule has 0 atom stereocenters. The molecule has 0 spiro atoms. The van der Waals surface area contributed by atoms with Crippen molar-refractivity contribution >= 4 is 17.5 Å². The largest absolute Gasteiger partial charge is 0.371 e. The lowest BCUT2D eigenvalue weighted by molar-refractivity contribution is -0.129. The second-order valence-corrected chi connectivity index (χ2v) is 8.55. The van der Waals surface area contributed by atoms with E-state index in [0.29, 0.717) is 12.1 Å². The van der Waals surface area contributed by atoms with Crippen molar-refractivity contribution in [1.29, 1.82) is 0 Å². The summed E-state index contributed by atoms with van der Waals surface area (Å²) in [5, 5.41) is 6.14. The summed E-state index contributed by atoms with van der Waals surface area (Å²) in [5.74, 6) is -0.00117. The Morgan fingerprint density at radius 2 is 1.83 bits per heavy atom. The van der Waals surface area contributed by atoms with Crippen molar-refractivity contribution in [3.63, 3.8) is 0 Å². The molecule has 1 saturated heterocycles. The molecule has 0 unspecified atom stereocenters. The first kappa shape index (κ1) is 20.8. The van der Waals surface area contributed by atoms with Crippen LogP contribution >= 0.6 is 0 Å². The van der Waals surface area contributed by atoms with E-state index >= 15 is 0 Å². The van der Waals surface area contributed by atoms with Gasteiger partial charge in [0, 0.05) is 49.2 Å². The number of aromatic nitrogens is 1. The fourth-order valence-corrected chi connectivity index (χ4v) is 3.39. The number of pyridine rings is 1. The minimum Gasteiger partial charge on any atom is -0.371 e. The first-order chi connectivity index (χ1) is 13.8. The van der Waals surface area contributed by atoms with Crippen LogP contribution in [0.15, 0.2) is 48.8 Å². The zero-order chi connectivity index (χ0) is 20.9. The molecule has 0 bridgehead atoms. The molecule has 1 aromatic heterocycles. The van der Waals surface area contributed by atoms with Crippen LogP contribution in [0.25, 0.3) is 0 Å². The third kappa shape index (κ3) is 5.56. The van der Waals surface area contributed by atoms with Crippen LogP contribution in [0, 0.1) is 5.41 Å². The molecular formula is C23H30N4O2. The highest BCUT2D eigenvalue weighted by Gasteiger charge is 2.27. The Morgan fingerprint density at radius 1 is 1.10 bits per heavy atom. The summed E-state index contributed by atoms with van der Waals surface area (Å²) in [5.41, 5.74) is 2.20. The van der Waals surface area contributed by atoms with Gasteiger partial charge in [-0.25, -0.2) is 0 Å². The van der Waals surface area contributed by atoms with Gasteiger partial charge in [-0.2, -0.15) is 0 Å². The van der Waals surface area contributed by atoms with Crippen LogP contribution in [-0.4, -0.2) is 35.9 Å². The van der Waals surface area contributed by atoms with Crippen molar-refractivity contribution in [2.24, 2.45) is 5.41 Å². The Labute approximate surface area is 172 Å². The number of para-hydroxylation sites is 1. The molecule has 1 aromatic carbocycles. The van der Waals surface area contributed by atoms with E-state index in [1.54, 1.807) is 12.4 Å².